The normalized spacial score (nSPS) is 12.5. The number of aliphatic hydroxyl groups is 3. The predicted octanol–water partition coefficient (Wildman–Crippen LogP) is 7.17. The number of hydrogen-bond donors (Lipinski definition) is 3. The van der Waals surface area contributed by atoms with Crippen LogP contribution in [-0.4, -0.2) is 62.1 Å². The second-order valence-electron chi connectivity index (χ2n) is 12.6. The Hall–Kier alpha value is -5.60. The number of ether oxygens (including phenoxy) is 4. The van der Waals surface area contributed by atoms with Crippen molar-refractivity contribution in [1.29, 1.82) is 0 Å². The Kier molecular flexibility index (Phi) is 10.7. The molecule has 0 heterocycles. The summed E-state index contributed by atoms with van der Waals surface area (Å²) in [7, 11) is 6.40. The first kappa shape index (κ1) is 36.2. The molecule has 0 saturated heterocycles. The summed E-state index contributed by atoms with van der Waals surface area (Å²) in [5.41, 5.74) is -1.64. The molecule has 0 fully saturated rings. The Balaban J connectivity index is 1.93. The van der Waals surface area contributed by atoms with Crippen LogP contribution < -0.4 is 18.9 Å². The molecule has 266 valence electrons. The zero-order valence-electron chi connectivity index (χ0n) is 29.8. The van der Waals surface area contributed by atoms with Gasteiger partial charge in [-0.1, -0.05) is 109 Å². The van der Waals surface area contributed by atoms with Crippen LogP contribution in [-0.2, 0) is 10.8 Å². The van der Waals surface area contributed by atoms with Gasteiger partial charge in [-0.15, -0.1) is 0 Å². The van der Waals surface area contributed by atoms with Crippen LogP contribution in [0.1, 0.15) is 33.4 Å². The highest BCUT2D eigenvalue weighted by molar-refractivity contribution is 5.65. The van der Waals surface area contributed by atoms with Gasteiger partial charge in [0.2, 0.25) is 0 Å². The monoisotopic (exact) mass is 696 g/mol. The molecule has 0 saturated carbocycles. The third kappa shape index (κ3) is 5.77. The van der Waals surface area contributed by atoms with E-state index in [1.165, 1.54) is 0 Å². The summed E-state index contributed by atoms with van der Waals surface area (Å²) < 4.78 is 22.4. The summed E-state index contributed by atoms with van der Waals surface area (Å²) in [6.45, 7) is -0.779. The maximum Gasteiger partial charge on any atom is 0.128 e. The van der Waals surface area contributed by atoms with Gasteiger partial charge in [-0.05, 0) is 81.9 Å². The molecular formula is C45H44O7. The highest BCUT2D eigenvalue weighted by atomic mass is 16.5. The highest BCUT2D eigenvalue weighted by Crippen LogP contribution is 2.61. The van der Waals surface area contributed by atoms with Gasteiger partial charge in [0.05, 0.1) is 45.9 Å². The van der Waals surface area contributed by atoms with E-state index in [2.05, 4.69) is 0 Å². The third-order valence-corrected chi connectivity index (χ3v) is 10.3. The van der Waals surface area contributed by atoms with Gasteiger partial charge in [0, 0.05) is 0 Å². The average molecular weight is 697 g/mol. The number of hydrogen-bond acceptors (Lipinski definition) is 7. The Bertz CT molecular complexity index is 1770. The average Bonchev–Trinajstić information content (AvgIpc) is 3.22. The molecular weight excluding hydrogens is 652 g/mol. The zero-order valence-corrected chi connectivity index (χ0v) is 29.8. The fraction of sp³-hybridized carbons (Fsp3) is 0.200. The van der Waals surface area contributed by atoms with Crippen LogP contribution in [0.3, 0.4) is 0 Å². The van der Waals surface area contributed by atoms with Crippen molar-refractivity contribution < 1.29 is 34.3 Å². The highest BCUT2D eigenvalue weighted by Gasteiger charge is 2.69. The number of aliphatic hydroxyl groups excluding tert-OH is 2. The fourth-order valence-electron chi connectivity index (χ4n) is 7.97. The van der Waals surface area contributed by atoms with Crippen molar-refractivity contribution in [2.24, 2.45) is 0 Å². The lowest BCUT2D eigenvalue weighted by molar-refractivity contribution is -0.152. The van der Waals surface area contributed by atoms with E-state index in [0.29, 0.717) is 56.4 Å². The SMILES string of the molecule is COc1ccc(C(c2ccccc2)(c2ccc(OC)cc2)C(O)(C(O)CO)C(c2ccccc2)(c2ccc(OC)cc2)c2ccc(OC)cc2)cc1. The number of benzene rings is 6. The van der Waals surface area contributed by atoms with Gasteiger partial charge in [0.1, 0.15) is 34.7 Å². The second kappa shape index (κ2) is 15.3. The predicted molar refractivity (Wildman–Crippen MR) is 203 cm³/mol. The molecule has 0 aromatic heterocycles. The molecule has 0 aliphatic carbocycles. The Labute approximate surface area is 305 Å². The van der Waals surface area contributed by atoms with Crippen LogP contribution in [0.15, 0.2) is 158 Å². The lowest BCUT2D eigenvalue weighted by atomic mass is 9.45. The van der Waals surface area contributed by atoms with Crippen molar-refractivity contribution >= 4 is 0 Å². The molecule has 7 heteroatoms. The molecule has 0 amide bonds. The van der Waals surface area contributed by atoms with Crippen molar-refractivity contribution in [3.05, 3.63) is 191 Å². The molecule has 6 aromatic rings. The van der Waals surface area contributed by atoms with Crippen LogP contribution in [0.4, 0.5) is 0 Å². The first-order valence-electron chi connectivity index (χ1n) is 17.1. The van der Waals surface area contributed by atoms with Gasteiger partial charge in [0.15, 0.2) is 0 Å². The summed E-state index contributed by atoms with van der Waals surface area (Å²) >= 11 is 0. The summed E-state index contributed by atoms with van der Waals surface area (Å²) in [6.07, 6.45) is -1.76. The molecule has 0 aliphatic rings. The van der Waals surface area contributed by atoms with Crippen molar-refractivity contribution in [3.63, 3.8) is 0 Å². The molecule has 6 aromatic carbocycles. The van der Waals surface area contributed by atoms with Gasteiger partial charge in [-0.2, -0.15) is 0 Å². The van der Waals surface area contributed by atoms with E-state index in [9.17, 15) is 15.3 Å². The second-order valence-corrected chi connectivity index (χ2v) is 12.6. The Morgan fingerprint density at radius 1 is 0.404 bits per heavy atom. The van der Waals surface area contributed by atoms with Crippen LogP contribution in [0.2, 0.25) is 0 Å². The van der Waals surface area contributed by atoms with Crippen molar-refractivity contribution in [2.45, 2.75) is 22.5 Å². The Morgan fingerprint density at radius 2 is 0.635 bits per heavy atom. The first-order valence-corrected chi connectivity index (χ1v) is 17.1. The Morgan fingerprint density at radius 3 is 0.846 bits per heavy atom. The van der Waals surface area contributed by atoms with E-state index in [0.717, 1.165) is 0 Å². The van der Waals surface area contributed by atoms with Gasteiger partial charge < -0.3 is 34.3 Å². The van der Waals surface area contributed by atoms with Crippen molar-refractivity contribution in [1.82, 2.24) is 0 Å². The van der Waals surface area contributed by atoms with Gasteiger partial charge >= 0.3 is 0 Å². The molecule has 7 nitrogen and oxygen atoms in total. The van der Waals surface area contributed by atoms with Crippen LogP contribution >= 0.6 is 0 Å². The lowest BCUT2D eigenvalue weighted by Gasteiger charge is -2.60. The molecule has 1 atom stereocenters. The first-order chi connectivity index (χ1) is 25.3. The zero-order chi connectivity index (χ0) is 36.8. The standard InChI is InChI=1S/C45H44O7/c1-49-38-23-15-34(16-24-38)43(32-11-7-5-8-12-32,35-17-25-39(50-2)26-18-35)45(48,42(47)31-46)44(33-13-9-6-10-14-33,36-19-27-40(51-3)28-20-36)37-21-29-41(52-4)30-22-37/h5-30,42,46-48H,31H2,1-4H3. The maximum atomic E-state index is 14.8. The van der Waals surface area contributed by atoms with E-state index < -0.39 is 29.1 Å². The lowest BCUT2D eigenvalue weighted by Crippen LogP contribution is -2.72. The van der Waals surface area contributed by atoms with Gasteiger partial charge in [-0.3, -0.25) is 0 Å². The summed E-state index contributed by atoms with van der Waals surface area (Å²) in [5.74, 6) is 2.47. The number of rotatable bonds is 14. The quantitative estimate of drug-likeness (QED) is 0.104. The summed E-state index contributed by atoms with van der Waals surface area (Å²) in [4.78, 5) is 0. The van der Waals surface area contributed by atoms with Gasteiger partial charge in [-0.25, -0.2) is 0 Å². The van der Waals surface area contributed by atoms with E-state index in [4.69, 9.17) is 18.9 Å². The molecule has 6 rings (SSSR count). The molecule has 0 spiro atoms. The smallest absolute Gasteiger partial charge is 0.128 e. The molecule has 52 heavy (non-hydrogen) atoms. The van der Waals surface area contributed by atoms with Crippen LogP contribution in [0.5, 0.6) is 23.0 Å². The number of methoxy groups -OCH3 is 4. The van der Waals surface area contributed by atoms with Crippen LogP contribution in [0.25, 0.3) is 0 Å². The van der Waals surface area contributed by atoms with Crippen molar-refractivity contribution in [3.8, 4) is 23.0 Å². The topological polar surface area (TPSA) is 97.6 Å². The van der Waals surface area contributed by atoms with Gasteiger partial charge in [0.25, 0.3) is 0 Å². The minimum atomic E-state index is -2.33. The van der Waals surface area contributed by atoms with E-state index in [-0.39, 0.29) is 0 Å². The minimum Gasteiger partial charge on any atom is -0.497 e. The molecule has 0 aliphatic heterocycles. The third-order valence-electron chi connectivity index (χ3n) is 10.3. The van der Waals surface area contributed by atoms with E-state index in [1.807, 2.05) is 158 Å². The molecule has 1 unspecified atom stereocenters. The molecule has 3 N–H and O–H groups in total. The van der Waals surface area contributed by atoms with Crippen LogP contribution in [0, 0.1) is 0 Å². The fourth-order valence-corrected chi connectivity index (χ4v) is 7.97. The summed E-state index contributed by atoms with van der Waals surface area (Å²) in [5, 5.41) is 38.9. The largest absolute Gasteiger partial charge is 0.497 e. The van der Waals surface area contributed by atoms with Crippen molar-refractivity contribution in [2.75, 3.05) is 35.0 Å². The molecule has 0 radical (unpaired) electrons. The van der Waals surface area contributed by atoms with E-state index >= 15 is 0 Å². The summed E-state index contributed by atoms with van der Waals surface area (Å²) in [6, 6.07) is 49.2. The molecule has 0 bridgehead atoms. The minimum absolute atomic E-state index is 0.617. The maximum absolute atomic E-state index is 14.8. The van der Waals surface area contributed by atoms with E-state index in [1.54, 1.807) is 28.4 Å².